The van der Waals surface area contributed by atoms with Crippen molar-refractivity contribution < 1.29 is 9.84 Å². The Kier molecular flexibility index (Phi) is 4.70. The molecule has 1 N–H and O–H groups in total. The first kappa shape index (κ1) is 14.2. The lowest BCUT2D eigenvalue weighted by Gasteiger charge is -2.11. The van der Waals surface area contributed by atoms with Crippen molar-refractivity contribution >= 4 is 23.2 Å². The predicted octanol–water partition coefficient (Wildman–Crippen LogP) is 4.37. The molecule has 0 spiro atoms. The molecule has 0 atom stereocenters. The number of halogens is 2. The van der Waals surface area contributed by atoms with Gasteiger partial charge in [-0.1, -0.05) is 53.0 Å². The summed E-state index contributed by atoms with van der Waals surface area (Å²) in [6, 6.07) is 11.3. The third-order valence-electron chi connectivity index (χ3n) is 2.74. The topological polar surface area (TPSA) is 29.5 Å². The number of rotatable bonds is 4. The van der Waals surface area contributed by atoms with Crippen molar-refractivity contribution in [2.45, 2.75) is 20.1 Å². The summed E-state index contributed by atoms with van der Waals surface area (Å²) in [6.07, 6.45) is 0. The highest BCUT2D eigenvalue weighted by Crippen LogP contribution is 2.34. The van der Waals surface area contributed by atoms with Crippen LogP contribution in [0, 0.1) is 6.92 Å². The lowest BCUT2D eigenvalue weighted by atomic mass is 10.2. The predicted molar refractivity (Wildman–Crippen MR) is 77.9 cm³/mol. The second-order valence-electron chi connectivity index (χ2n) is 4.32. The van der Waals surface area contributed by atoms with Gasteiger partial charge in [0.2, 0.25) is 0 Å². The Morgan fingerprint density at radius 2 is 1.58 bits per heavy atom. The van der Waals surface area contributed by atoms with Crippen molar-refractivity contribution in [3.05, 3.63) is 63.1 Å². The quantitative estimate of drug-likeness (QED) is 0.908. The first-order valence-electron chi connectivity index (χ1n) is 5.87. The Balaban J connectivity index is 2.13. The third kappa shape index (κ3) is 3.63. The average molecular weight is 297 g/mol. The molecule has 0 fully saturated rings. The van der Waals surface area contributed by atoms with E-state index in [1.54, 1.807) is 12.1 Å². The smallest absolute Gasteiger partial charge is 0.156 e. The summed E-state index contributed by atoms with van der Waals surface area (Å²) >= 11 is 12.2. The van der Waals surface area contributed by atoms with Crippen molar-refractivity contribution in [1.82, 2.24) is 0 Å². The highest BCUT2D eigenvalue weighted by molar-refractivity contribution is 6.37. The molecule has 100 valence electrons. The summed E-state index contributed by atoms with van der Waals surface area (Å²) < 4.78 is 5.65. The third-order valence-corrected chi connectivity index (χ3v) is 3.31. The van der Waals surface area contributed by atoms with Gasteiger partial charge in [0.1, 0.15) is 6.61 Å². The molecular weight excluding hydrogens is 283 g/mol. The van der Waals surface area contributed by atoms with Gasteiger partial charge in [-0.3, -0.25) is 0 Å². The number of hydrogen-bond donors (Lipinski definition) is 1. The molecular formula is C15H14Cl2O2. The van der Waals surface area contributed by atoms with Gasteiger partial charge in [0.25, 0.3) is 0 Å². The van der Waals surface area contributed by atoms with E-state index in [1.165, 1.54) is 5.56 Å². The minimum Gasteiger partial charge on any atom is -0.486 e. The number of aliphatic hydroxyl groups is 1. The monoisotopic (exact) mass is 296 g/mol. The summed E-state index contributed by atoms with van der Waals surface area (Å²) in [4.78, 5) is 0. The molecule has 0 saturated carbocycles. The van der Waals surface area contributed by atoms with Crippen LogP contribution in [0.1, 0.15) is 16.7 Å². The van der Waals surface area contributed by atoms with Crippen LogP contribution in [-0.4, -0.2) is 5.11 Å². The number of ether oxygens (including phenoxy) is 1. The summed E-state index contributed by atoms with van der Waals surface area (Å²) in [5.41, 5.74) is 2.91. The number of benzene rings is 2. The maximum Gasteiger partial charge on any atom is 0.156 e. The summed E-state index contributed by atoms with van der Waals surface area (Å²) in [5.74, 6) is 0.445. The molecule has 0 heterocycles. The van der Waals surface area contributed by atoms with Crippen molar-refractivity contribution in [3.63, 3.8) is 0 Å². The molecule has 0 saturated heterocycles. The van der Waals surface area contributed by atoms with Gasteiger partial charge in [0, 0.05) is 0 Å². The molecule has 0 aromatic heterocycles. The first-order chi connectivity index (χ1) is 9.10. The van der Waals surface area contributed by atoms with Gasteiger partial charge in [0.15, 0.2) is 5.75 Å². The van der Waals surface area contributed by atoms with E-state index in [1.807, 2.05) is 31.2 Å². The van der Waals surface area contributed by atoms with E-state index >= 15 is 0 Å². The van der Waals surface area contributed by atoms with E-state index < -0.39 is 0 Å². The molecule has 2 aromatic carbocycles. The summed E-state index contributed by atoms with van der Waals surface area (Å²) in [6.45, 7) is 2.34. The zero-order chi connectivity index (χ0) is 13.8. The minimum absolute atomic E-state index is 0.0995. The Labute approximate surface area is 122 Å². The van der Waals surface area contributed by atoms with Crippen LogP contribution in [0.4, 0.5) is 0 Å². The summed E-state index contributed by atoms with van der Waals surface area (Å²) in [5, 5.41) is 9.87. The highest BCUT2D eigenvalue weighted by Gasteiger charge is 2.09. The molecule has 2 nitrogen and oxygen atoms in total. The normalized spacial score (nSPS) is 10.5. The van der Waals surface area contributed by atoms with E-state index in [9.17, 15) is 0 Å². The fourth-order valence-electron chi connectivity index (χ4n) is 1.68. The molecule has 0 radical (unpaired) electrons. The van der Waals surface area contributed by atoms with Crippen LogP contribution in [-0.2, 0) is 13.2 Å². The number of aryl methyl sites for hydroxylation is 1. The minimum atomic E-state index is -0.0995. The van der Waals surface area contributed by atoms with Gasteiger partial charge in [-0.05, 0) is 30.2 Å². The first-order valence-corrected chi connectivity index (χ1v) is 6.63. The highest BCUT2D eigenvalue weighted by atomic mass is 35.5. The lowest BCUT2D eigenvalue weighted by molar-refractivity contribution is 0.281. The van der Waals surface area contributed by atoms with Crippen LogP contribution in [0.15, 0.2) is 36.4 Å². The Bertz CT molecular complexity index is 542. The molecule has 0 aliphatic carbocycles. The largest absolute Gasteiger partial charge is 0.486 e. The second kappa shape index (κ2) is 6.29. The van der Waals surface area contributed by atoms with Gasteiger partial charge in [0.05, 0.1) is 16.7 Å². The number of hydrogen-bond acceptors (Lipinski definition) is 2. The SMILES string of the molecule is Cc1ccc(COc2c(Cl)cc(CO)cc2Cl)cc1. The van der Waals surface area contributed by atoms with Crippen molar-refractivity contribution in [2.75, 3.05) is 0 Å². The van der Waals surface area contributed by atoms with E-state index in [-0.39, 0.29) is 6.61 Å². The van der Waals surface area contributed by atoms with Crippen LogP contribution in [0.2, 0.25) is 10.0 Å². The summed E-state index contributed by atoms with van der Waals surface area (Å²) in [7, 11) is 0. The second-order valence-corrected chi connectivity index (χ2v) is 5.14. The van der Waals surface area contributed by atoms with E-state index in [0.717, 1.165) is 5.56 Å². The zero-order valence-corrected chi connectivity index (χ0v) is 12.0. The van der Waals surface area contributed by atoms with Crippen LogP contribution < -0.4 is 4.74 Å². The standard InChI is InChI=1S/C15H14Cl2O2/c1-10-2-4-11(5-3-10)9-19-15-13(16)6-12(8-18)7-14(15)17/h2-7,18H,8-9H2,1H3. The van der Waals surface area contributed by atoms with E-state index in [2.05, 4.69) is 0 Å². The zero-order valence-electron chi connectivity index (χ0n) is 10.5. The van der Waals surface area contributed by atoms with Crippen molar-refractivity contribution in [2.24, 2.45) is 0 Å². The molecule has 0 aliphatic heterocycles. The molecule has 2 rings (SSSR count). The van der Waals surface area contributed by atoms with E-state index in [0.29, 0.717) is 28.0 Å². The van der Waals surface area contributed by atoms with Gasteiger partial charge in [-0.15, -0.1) is 0 Å². The van der Waals surface area contributed by atoms with E-state index in [4.69, 9.17) is 33.0 Å². The van der Waals surface area contributed by atoms with Crippen molar-refractivity contribution in [3.8, 4) is 5.75 Å². The van der Waals surface area contributed by atoms with Crippen LogP contribution in [0.25, 0.3) is 0 Å². The van der Waals surface area contributed by atoms with Gasteiger partial charge < -0.3 is 9.84 Å². The average Bonchev–Trinajstić information content (AvgIpc) is 2.39. The number of aliphatic hydroxyl groups excluding tert-OH is 1. The Morgan fingerprint density at radius 1 is 1.00 bits per heavy atom. The van der Waals surface area contributed by atoms with Crippen molar-refractivity contribution in [1.29, 1.82) is 0 Å². The maximum atomic E-state index is 9.05. The molecule has 4 heteroatoms. The molecule has 2 aromatic rings. The molecule has 0 amide bonds. The molecule has 0 bridgehead atoms. The van der Waals surface area contributed by atoms with Gasteiger partial charge >= 0.3 is 0 Å². The molecule has 19 heavy (non-hydrogen) atoms. The van der Waals surface area contributed by atoms with Crippen LogP contribution in [0.3, 0.4) is 0 Å². The lowest BCUT2D eigenvalue weighted by Crippen LogP contribution is -1.97. The Hall–Kier alpha value is -1.22. The van der Waals surface area contributed by atoms with Crippen LogP contribution >= 0.6 is 23.2 Å². The maximum absolute atomic E-state index is 9.05. The van der Waals surface area contributed by atoms with Gasteiger partial charge in [-0.2, -0.15) is 0 Å². The Morgan fingerprint density at radius 3 is 2.11 bits per heavy atom. The van der Waals surface area contributed by atoms with Gasteiger partial charge in [-0.25, -0.2) is 0 Å². The molecule has 0 aliphatic rings. The van der Waals surface area contributed by atoms with Crippen LogP contribution in [0.5, 0.6) is 5.75 Å². The molecule has 0 unspecified atom stereocenters. The fourth-order valence-corrected chi connectivity index (χ4v) is 2.32. The fraction of sp³-hybridized carbons (Fsp3) is 0.200.